The third-order valence-electron chi connectivity index (χ3n) is 2.04. The molecule has 0 amide bonds. The molecule has 0 bridgehead atoms. The Hall–Kier alpha value is -1.22. The molecule has 0 fully saturated rings. The van der Waals surface area contributed by atoms with Crippen molar-refractivity contribution in [1.29, 1.82) is 0 Å². The summed E-state index contributed by atoms with van der Waals surface area (Å²) in [5.74, 6) is 1.46. The van der Waals surface area contributed by atoms with Gasteiger partial charge in [0, 0.05) is 6.07 Å². The quantitative estimate of drug-likeness (QED) is 0.798. The Morgan fingerprint density at radius 1 is 1.21 bits per heavy atom. The van der Waals surface area contributed by atoms with Crippen LogP contribution < -0.4 is 9.47 Å². The summed E-state index contributed by atoms with van der Waals surface area (Å²) in [6.45, 7) is 3.52. The SMILES string of the molecule is COc1cccc(OC(C)[C@@H](C)O)c1. The number of ether oxygens (including phenoxy) is 2. The van der Waals surface area contributed by atoms with E-state index < -0.39 is 6.10 Å². The fourth-order valence-electron chi connectivity index (χ4n) is 0.988. The molecule has 1 aromatic carbocycles. The van der Waals surface area contributed by atoms with Gasteiger partial charge in [0.05, 0.1) is 13.2 Å². The number of aliphatic hydroxyl groups excluding tert-OH is 1. The summed E-state index contributed by atoms with van der Waals surface area (Å²) in [4.78, 5) is 0. The van der Waals surface area contributed by atoms with Gasteiger partial charge in [0.2, 0.25) is 0 Å². The van der Waals surface area contributed by atoms with Crippen molar-refractivity contribution in [3.63, 3.8) is 0 Å². The minimum absolute atomic E-state index is 0.220. The Balaban J connectivity index is 2.66. The zero-order valence-corrected chi connectivity index (χ0v) is 8.73. The third-order valence-corrected chi connectivity index (χ3v) is 2.04. The maximum Gasteiger partial charge on any atom is 0.123 e. The van der Waals surface area contributed by atoms with Crippen LogP contribution in [-0.4, -0.2) is 24.4 Å². The topological polar surface area (TPSA) is 38.7 Å². The third kappa shape index (κ3) is 2.92. The smallest absolute Gasteiger partial charge is 0.123 e. The Kier molecular flexibility index (Phi) is 3.77. The van der Waals surface area contributed by atoms with Crippen LogP contribution in [0.15, 0.2) is 24.3 Å². The van der Waals surface area contributed by atoms with E-state index in [0.29, 0.717) is 5.75 Å². The lowest BCUT2D eigenvalue weighted by Crippen LogP contribution is -2.25. The average molecular weight is 196 g/mol. The van der Waals surface area contributed by atoms with Gasteiger partial charge >= 0.3 is 0 Å². The highest BCUT2D eigenvalue weighted by molar-refractivity contribution is 5.32. The van der Waals surface area contributed by atoms with E-state index in [0.717, 1.165) is 5.75 Å². The molecule has 1 rings (SSSR count). The molecule has 0 aromatic heterocycles. The second-order valence-corrected chi connectivity index (χ2v) is 3.24. The molecule has 3 nitrogen and oxygen atoms in total. The van der Waals surface area contributed by atoms with E-state index in [2.05, 4.69) is 0 Å². The van der Waals surface area contributed by atoms with Crippen molar-refractivity contribution in [2.75, 3.05) is 7.11 Å². The van der Waals surface area contributed by atoms with Gasteiger partial charge in [-0.05, 0) is 26.0 Å². The van der Waals surface area contributed by atoms with Crippen LogP contribution in [0.5, 0.6) is 11.5 Å². The lowest BCUT2D eigenvalue weighted by molar-refractivity contribution is 0.0603. The Morgan fingerprint density at radius 3 is 2.43 bits per heavy atom. The highest BCUT2D eigenvalue weighted by atomic mass is 16.5. The molecule has 2 atom stereocenters. The lowest BCUT2D eigenvalue weighted by atomic mass is 10.2. The van der Waals surface area contributed by atoms with Crippen LogP contribution in [0, 0.1) is 0 Å². The molecule has 1 N–H and O–H groups in total. The van der Waals surface area contributed by atoms with Gasteiger partial charge in [0.15, 0.2) is 0 Å². The van der Waals surface area contributed by atoms with E-state index >= 15 is 0 Å². The predicted molar refractivity (Wildman–Crippen MR) is 54.8 cm³/mol. The van der Waals surface area contributed by atoms with Gasteiger partial charge in [0.1, 0.15) is 17.6 Å². The number of aliphatic hydroxyl groups is 1. The van der Waals surface area contributed by atoms with E-state index in [-0.39, 0.29) is 6.10 Å². The maximum atomic E-state index is 9.25. The molecule has 14 heavy (non-hydrogen) atoms. The minimum Gasteiger partial charge on any atom is -0.497 e. The Labute approximate surface area is 84.3 Å². The first-order valence-corrected chi connectivity index (χ1v) is 4.62. The number of rotatable bonds is 4. The van der Waals surface area contributed by atoms with Crippen LogP contribution in [0.25, 0.3) is 0 Å². The van der Waals surface area contributed by atoms with Crippen LogP contribution in [0.4, 0.5) is 0 Å². The molecule has 0 radical (unpaired) electrons. The second kappa shape index (κ2) is 4.86. The van der Waals surface area contributed by atoms with Crippen molar-refractivity contribution in [3.05, 3.63) is 24.3 Å². The van der Waals surface area contributed by atoms with E-state index in [1.165, 1.54) is 0 Å². The maximum absolute atomic E-state index is 9.25. The van der Waals surface area contributed by atoms with Gasteiger partial charge in [-0.25, -0.2) is 0 Å². The molecule has 0 saturated carbocycles. The first-order chi connectivity index (χ1) is 6.63. The molecule has 3 heteroatoms. The molecular weight excluding hydrogens is 180 g/mol. The van der Waals surface area contributed by atoms with E-state index in [1.54, 1.807) is 20.1 Å². The molecule has 0 saturated heterocycles. The van der Waals surface area contributed by atoms with Crippen molar-refractivity contribution in [2.24, 2.45) is 0 Å². The first-order valence-electron chi connectivity index (χ1n) is 4.62. The molecular formula is C11H16O3. The van der Waals surface area contributed by atoms with Crippen molar-refractivity contribution >= 4 is 0 Å². The number of hydrogen-bond acceptors (Lipinski definition) is 3. The zero-order valence-electron chi connectivity index (χ0n) is 8.73. The summed E-state index contributed by atoms with van der Waals surface area (Å²) >= 11 is 0. The Morgan fingerprint density at radius 2 is 1.86 bits per heavy atom. The summed E-state index contributed by atoms with van der Waals surface area (Å²) in [5, 5.41) is 9.25. The molecule has 0 aliphatic heterocycles. The number of benzene rings is 1. The summed E-state index contributed by atoms with van der Waals surface area (Å²) in [7, 11) is 1.61. The first kappa shape index (κ1) is 10.9. The van der Waals surface area contributed by atoms with Gasteiger partial charge in [0.25, 0.3) is 0 Å². The van der Waals surface area contributed by atoms with Crippen LogP contribution in [0.1, 0.15) is 13.8 Å². The van der Waals surface area contributed by atoms with E-state index in [9.17, 15) is 5.11 Å². The van der Waals surface area contributed by atoms with Crippen molar-refractivity contribution in [1.82, 2.24) is 0 Å². The average Bonchev–Trinajstić information content (AvgIpc) is 2.18. The van der Waals surface area contributed by atoms with Crippen molar-refractivity contribution < 1.29 is 14.6 Å². The van der Waals surface area contributed by atoms with Gasteiger partial charge in [-0.1, -0.05) is 6.07 Å². The molecule has 1 unspecified atom stereocenters. The molecule has 0 spiro atoms. The van der Waals surface area contributed by atoms with Gasteiger partial charge in [-0.15, -0.1) is 0 Å². The van der Waals surface area contributed by atoms with Crippen molar-refractivity contribution in [2.45, 2.75) is 26.1 Å². The zero-order chi connectivity index (χ0) is 10.6. The number of hydrogen-bond donors (Lipinski definition) is 1. The molecule has 78 valence electrons. The minimum atomic E-state index is -0.485. The monoisotopic (exact) mass is 196 g/mol. The highest BCUT2D eigenvalue weighted by Gasteiger charge is 2.10. The van der Waals surface area contributed by atoms with E-state index in [1.807, 2.05) is 25.1 Å². The molecule has 1 aromatic rings. The fraction of sp³-hybridized carbons (Fsp3) is 0.455. The summed E-state index contributed by atoms with van der Waals surface area (Å²) < 4.78 is 10.5. The number of methoxy groups -OCH3 is 1. The van der Waals surface area contributed by atoms with Crippen LogP contribution in [-0.2, 0) is 0 Å². The fourth-order valence-corrected chi connectivity index (χ4v) is 0.988. The predicted octanol–water partition coefficient (Wildman–Crippen LogP) is 1.84. The summed E-state index contributed by atoms with van der Waals surface area (Å²) in [6, 6.07) is 7.32. The Bertz CT molecular complexity index is 284. The van der Waals surface area contributed by atoms with Crippen LogP contribution in [0.3, 0.4) is 0 Å². The van der Waals surface area contributed by atoms with E-state index in [4.69, 9.17) is 9.47 Å². The van der Waals surface area contributed by atoms with Gasteiger partial charge < -0.3 is 14.6 Å². The molecule has 0 aliphatic carbocycles. The second-order valence-electron chi connectivity index (χ2n) is 3.24. The normalized spacial score (nSPS) is 14.6. The van der Waals surface area contributed by atoms with Crippen LogP contribution >= 0.6 is 0 Å². The van der Waals surface area contributed by atoms with Gasteiger partial charge in [-0.3, -0.25) is 0 Å². The standard InChI is InChI=1S/C11H16O3/c1-8(12)9(2)14-11-6-4-5-10(7-11)13-3/h4-9,12H,1-3H3/t8-,9?/m1/s1. The highest BCUT2D eigenvalue weighted by Crippen LogP contribution is 2.20. The summed E-state index contributed by atoms with van der Waals surface area (Å²) in [6.07, 6.45) is -0.705. The summed E-state index contributed by atoms with van der Waals surface area (Å²) in [5.41, 5.74) is 0. The largest absolute Gasteiger partial charge is 0.497 e. The lowest BCUT2D eigenvalue weighted by Gasteiger charge is -2.17. The van der Waals surface area contributed by atoms with Crippen LogP contribution in [0.2, 0.25) is 0 Å². The molecule has 0 heterocycles. The van der Waals surface area contributed by atoms with Crippen molar-refractivity contribution in [3.8, 4) is 11.5 Å². The molecule has 0 aliphatic rings. The van der Waals surface area contributed by atoms with Gasteiger partial charge in [-0.2, -0.15) is 0 Å².